The van der Waals surface area contributed by atoms with E-state index in [1.165, 1.54) is 9.21 Å². The molecule has 0 bridgehead atoms. The van der Waals surface area contributed by atoms with Gasteiger partial charge in [-0.3, -0.25) is 9.59 Å². The lowest BCUT2D eigenvalue weighted by atomic mass is 10.1. The summed E-state index contributed by atoms with van der Waals surface area (Å²) in [6, 6.07) is 19.9. The monoisotopic (exact) mass is 494 g/mol. The predicted octanol–water partition coefficient (Wildman–Crippen LogP) is 2.62. The van der Waals surface area contributed by atoms with E-state index in [0.717, 1.165) is 22.6 Å². The molecule has 3 aromatic rings. The van der Waals surface area contributed by atoms with Crippen LogP contribution in [0, 0.1) is 6.92 Å². The first-order valence-corrected chi connectivity index (χ1v) is 12.6. The molecule has 1 aliphatic heterocycles. The van der Waals surface area contributed by atoms with E-state index < -0.39 is 15.9 Å². The summed E-state index contributed by atoms with van der Waals surface area (Å²) in [4.78, 5) is 31.0. The third-order valence-corrected chi connectivity index (χ3v) is 7.60. The van der Waals surface area contributed by atoms with Crippen LogP contribution in [0.25, 0.3) is 10.8 Å². The molecule has 9 nitrogen and oxygen atoms in total. The third-order valence-electron chi connectivity index (χ3n) is 5.70. The Hall–Kier alpha value is -3.76. The van der Waals surface area contributed by atoms with E-state index in [0.29, 0.717) is 5.69 Å². The smallest absolute Gasteiger partial charge is 0.270 e. The van der Waals surface area contributed by atoms with Gasteiger partial charge in [-0.1, -0.05) is 53.2 Å². The van der Waals surface area contributed by atoms with Gasteiger partial charge >= 0.3 is 0 Å². The number of anilines is 1. The molecule has 0 atom stereocenters. The number of oxime groups is 1. The van der Waals surface area contributed by atoms with Crippen LogP contribution in [0.15, 0.2) is 76.8 Å². The summed E-state index contributed by atoms with van der Waals surface area (Å²) in [5.74, 6) is -0.808. The summed E-state index contributed by atoms with van der Waals surface area (Å²) >= 11 is 0. The summed E-state index contributed by atoms with van der Waals surface area (Å²) in [6.07, 6.45) is 0.960. The molecule has 2 amide bonds. The van der Waals surface area contributed by atoms with E-state index in [1.807, 2.05) is 43.3 Å². The molecule has 0 unspecified atom stereocenters. The Bertz CT molecular complexity index is 1350. The van der Waals surface area contributed by atoms with Crippen LogP contribution in [0.3, 0.4) is 0 Å². The Labute approximate surface area is 204 Å². The number of amides is 2. The molecular weight excluding hydrogens is 468 g/mol. The number of piperazine rings is 1. The molecule has 182 valence electrons. The molecule has 0 saturated carbocycles. The van der Waals surface area contributed by atoms with Gasteiger partial charge in [0.25, 0.3) is 11.8 Å². The van der Waals surface area contributed by atoms with Gasteiger partial charge in [-0.15, -0.1) is 0 Å². The maximum atomic E-state index is 13.1. The van der Waals surface area contributed by atoms with Crippen molar-refractivity contribution < 1.29 is 22.8 Å². The number of fused-ring (bicyclic) bond motifs is 1. The number of hydrogen-bond donors (Lipinski definition) is 1. The SMILES string of the molecule is Cc1ccc(NC(=O)/C=N\OCC(=O)N2CCN(S(=O)(=O)c3ccc4ccccc4c3)CC2)cc1. The van der Waals surface area contributed by atoms with Crippen molar-refractivity contribution in [3.8, 4) is 0 Å². The standard InChI is InChI=1S/C25H26N4O5S/c1-19-6-9-22(10-7-19)27-24(30)17-26-34-18-25(31)28-12-14-29(15-13-28)35(32,33)23-11-8-20-4-2-3-5-21(20)16-23/h2-11,16-17H,12-15,18H2,1H3,(H,27,30)/b26-17-. The van der Waals surface area contributed by atoms with E-state index in [4.69, 9.17) is 4.84 Å². The van der Waals surface area contributed by atoms with Gasteiger partial charge in [0.2, 0.25) is 10.0 Å². The van der Waals surface area contributed by atoms with E-state index in [2.05, 4.69) is 10.5 Å². The van der Waals surface area contributed by atoms with Gasteiger partial charge < -0.3 is 15.1 Å². The van der Waals surface area contributed by atoms with E-state index in [1.54, 1.807) is 30.3 Å². The number of aryl methyl sites for hydroxylation is 1. The zero-order valence-corrected chi connectivity index (χ0v) is 20.1. The largest absolute Gasteiger partial charge is 0.386 e. The normalized spacial score (nSPS) is 14.8. The number of benzene rings is 3. The van der Waals surface area contributed by atoms with Gasteiger partial charge in [0.05, 0.1) is 4.90 Å². The van der Waals surface area contributed by atoms with Crippen molar-refractivity contribution >= 4 is 44.5 Å². The van der Waals surface area contributed by atoms with E-state index in [9.17, 15) is 18.0 Å². The summed E-state index contributed by atoms with van der Waals surface area (Å²) in [5.41, 5.74) is 1.70. The van der Waals surface area contributed by atoms with Crippen molar-refractivity contribution in [3.05, 3.63) is 72.3 Å². The number of carbonyl (C=O) groups is 2. The molecule has 1 fully saturated rings. The van der Waals surface area contributed by atoms with Crippen LogP contribution in [0.4, 0.5) is 5.69 Å². The lowest BCUT2D eigenvalue weighted by Crippen LogP contribution is -2.51. The second kappa shape index (κ2) is 10.7. The summed E-state index contributed by atoms with van der Waals surface area (Å²) < 4.78 is 27.5. The summed E-state index contributed by atoms with van der Waals surface area (Å²) in [7, 11) is -3.67. The first-order chi connectivity index (χ1) is 16.8. The fraction of sp³-hybridized carbons (Fsp3) is 0.240. The fourth-order valence-corrected chi connectivity index (χ4v) is 5.19. The van der Waals surface area contributed by atoms with Crippen molar-refractivity contribution in [1.82, 2.24) is 9.21 Å². The molecule has 3 aromatic carbocycles. The van der Waals surface area contributed by atoms with Crippen LogP contribution in [0.2, 0.25) is 0 Å². The zero-order valence-electron chi connectivity index (χ0n) is 19.3. The Morgan fingerprint density at radius 1 is 0.971 bits per heavy atom. The molecular formula is C25H26N4O5S. The minimum atomic E-state index is -3.67. The number of nitrogens with zero attached hydrogens (tertiary/aromatic N) is 3. The molecule has 1 N–H and O–H groups in total. The Kier molecular flexibility index (Phi) is 7.42. The Morgan fingerprint density at radius 2 is 1.66 bits per heavy atom. The van der Waals surface area contributed by atoms with Crippen LogP contribution >= 0.6 is 0 Å². The molecule has 0 aromatic heterocycles. The molecule has 4 rings (SSSR count). The van der Waals surface area contributed by atoms with Crippen LogP contribution in [0.5, 0.6) is 0 Å². The highest BCUT2D eigenvalue weighted by Gasteiger charge is 2.30. The van der Waals surface area contributed by atoms with Gasteiger partial charge in [0.1, 0.15) is 6.21 Å². The molecule has 0 aliphatic carbocycles. The Balaban J connectivity index is 1.24. The number of nitrogens with one attached hydrogen (secondary N) is 1. The second-order valence-electron chi connectivity index (χ2n) is 8.16. The molecule has 35 heavy (non-hydrogen) atoms. The average Bonchev–Trinajstić information content (AvgIpc) is 2.87. The highest BCUT2D eigenvalue weighted by molar-refractivity contribution is 7.89. The Morgan fingerprint density at radius 3 is 2.37 bits per heavy atom. The average molecular weight is 495 g/mol. The topological polar surface area (TPSA) is 108 Å². The number of hydrogen-bond acceptors (Lipinski definition) is 6. The van der Waals surface area contributed by atoms with Crippen molar-refractivity contribution in [1.29, 1.82) is 0 Å². The van der Waals surface area contributed by atoms with Gasteiger partial charge in [0.15, 0.2) is 6.61 Å². The molecule has 1 saturated heterocycles. The van der Waals surface area contributed by atoms with Crippen molar-refractivity contribution in [3.63, 3.8) is 0 Å². The van der Waals surface area contributed by atoms with E-state index >= 15 is 0 Å². The number of carbonyl (C=O) groups excluding carboxylic acids is 2. The van der Waals surface area contributed by atoms with Crippen molar-refractivity contribution in [2.24, 2.45) is 5.16 Å². The maximum absolute atomic E-state index is 13.1. The quantitative estimate of drug-likeness (QED) is 0.401. The number of sulfonamides is 1. The van der Waals surface area contributed by atoms with Gasteiger partial charge in [-0.2, -0.15) is 4.31 Å². The van der Waals surface area contributed by atoms with Crippen LogP contribution in [0.1, 0.15) is 5.56 Å². The van der Waals surface area contributed by atoms with Crippen LogP contribution in [-0.2, 0) is 24.4 Å². The lowest BCUT2D eigenvalue weighted by Gasteiger charge is -2.33. The molecule has 1 heterocycles. The van der Waals surface area contributed by atoms with Gasteiger partial charge in [-0.05, 0) is 42.0 Å². The minimum Gasteiger partial charge on any atom is -0.386 e. The van der Waals surface area contributed by atoms with Crippen molar-refractivity contribution in [2.45, 2.75) is 11.8 Å². The minimum absolute atomic E-state index is 0.184. The number of rotatable bonds is 7. The van der Waals surface area contributed by atoms with E-state index in [-0.39, 0.29) is 43.6 Å². The summed E-state index contributed by atoms with van der Waals surface area (Å²) in [5, 5.41) is 8.01. The fourth-order valence-electron chi connectivity index (χ4n) is 3.74. The van der Waals surface area contributed by atoms with Gasteiger partial charge in [-0.25, -0.2) is 8.42 Å². The molecule has 1 aliphatic rings. The highest BCUT2D eigenvalue weighted by atomic mass is 32.2. The lowest BCUT2D eigenvalue weighted by molar-refractivity contribution is -0.137. The zero-order chi connectivity index (χ0) is 24.8. The predicted molar refractivity (Wildman–Crippen MR) is 134 cm³/mol. The van der Waals surface area contributed by atoms with Gasteiger partial charge in [0, 0.05) is 31.9 Å². The first kappa shape index (κ1) is 24.4. The molecule has 0 radical (unpaired) electrons. The van der Waals surface area contributed by atoms with Crippen LogP contribution in [-0.4, -0.2) is 68.4 Å². The first-order valence-electron chi connectivity index (χ1n) is 11.1. The third kappa shape index (κ3) is 6.03. The second-order valence-corrected chi connectivity index (χ2v) is 10.1. The highest BCUT2D eigenvalue weighted by Crippen LogP contribution is 2.23. The maximum Gasteiger partial charge on any atom is 0.270 e. The molecule has 0 spiro atoms. The van der Waals surface area contributed by atoms with Crippen LogP contribution < -0.4 is 5.32 Å². The van der Waals surface area contributed by atoms with Crippen molar-refractivity contribution in [2.75, 3.05) is 38.1 Å². The molecule has 10 heteroatoms. The summed E-state index contributed by atoms with van der Waals surface area (Å²) in [6.45, 7) is 2.46.